The van der Waals surface area contributed by atoms with Crippen molar-refractivity contribution in [3.63, 3.8) is 0 Å². The number of hydrogen-bond acceptors (Lipinski definition) is 5. The molecule has 6 heteroatoms. The second-order valence-corrected chi connectivity index (χ2v) is 4.18. The maximum absolute atomic E-state index is 11.2. The third-order valence-corrected chi connectivity index (χ3v) is 3.07. The van der Waals surface area contributed by atoms with Crippen LogP contribution in [0.15, 0.2) is 36.4 Å². The molecule has 0 aromatic heterocycles. The second kappa shape index (κ2) is 4.65. The van der Waals surface area contributed by atoms with E-state index >= 15 is 0 Å². The van der Waals surface area contributed by atoms with Gasteiger partial charge in [-0.15, -0.1) is 0 Å². The molecule has 100 valence electrons. The normalized spacial score (nSPS) is 12.2. The predicted octanol–water partition coefficient (Wildman–Crippen LogP) is 2.80. The van der Waals surface area contributed by atoms with Gasteiger partial charge in [0.05, 0.1) is 16.6 Å². The van der Waals surface area contributed by atoms with Gasteiger partial charge in [0.25, 0.3) is 5.69 Å². The molecular formula is C14H9NO5. The van der Waals surface area contributed by atoms with Gasteiger partial charge < -0.3 is 9.47 Å². The summed E-state index contributed by atoms with van der Waals surface area (Å²) in [5.41, 5.74) is 1.09. The summed E-state index contributed by atoms with van der Waals surface area (Å²) in [4.78, 5) is 21.8. The minimum absolute atomic E-state index is 0.0330. The van der Waals surface area contributed by atoms with Crippen molar-refractivity contribution in [1.82, 2.24) is 0 Å². The van der Waals surface area contributed by atoms with E-state index in [1.54, 1.807) is 24.3 Å². The number of nitrogens with zero attached hydrogens (tertiary/aromatic N) is 1. The highest BCUT2D eigenvalue weighted by atomic mass is 16.7. The Balaban J connectivity index is 2.27. The maximum atomic E-state index is 11.2. The fourth-order valence-corrected chi connectivity index (χ4v) is 2.14. The number of benzene rings is 2. The summed E-state index contributed by atoms with van der Waals surface area (Å²) >= 11 is 0. The summed E-state index contributed by atoms with van der Waals surface area (Å²) in [5.74, 6) is 0.773. The van der Waals surface area contributed by atoms with Crippen LogP contribution in [0.4, 0.5) is 5.69 Å². The Morgan fingerprint density at radius 1 is 1.10 bits per heavy atom. The van der Waals surface area contributed by atoms with Crippen molar-refractivity contribution >= 4 is 12.0 Å². The Morgan fingerprint density at radius 2 is 1.80 bits per heavy atom. The monoisotopic (exact) mass is 271 g/mol. The average molecular weight is 271 g/mol. The van der Waals surface area contributed by atoms with Gasteiger partial charge in [-0.25, -0.2) is 0 Å². The molecule has 0 N–H and O–H groups in total. The minimum Gasteiger partial charge on any atom is -0.454 e. The van der Waals surface area contributed by atoms with E-state index in [1.807, 2.05) is 0 Å². The Hall–Kier alpha value is -2.89. The molecule has 0 fully saturated rings. The molecule has 0 saturated heterocycles. The summed E-state index contributed by atoms with van der Waals surface area (Å²) in [5, 5.41) is 11.2. The summed E-state index contributed by atoms with van der Waals surface area (Å²) in [7, 11) is 0. The van der Waals surface area contributed by atoms with E-state index in [-0.39, 0.29) is 12.5 Å². The van der Waals surface area contributed by atoms with Gasteiger partial charge in [-0.05, 0) is 11.6 Å². The van der Waals surface area contributed by atoms with Crippen LogP contribution >= 0.6 is 0 Å². The Morgan fingerprint density at radius 3 is 2.50 bits per heavy atom. The van der Waals surface area contributed by atoms with E-state index in [1.165, 1.54) is 12.1 Å². The molecule has 0 unspecified atom stereocenters. The highest BCUT2D eigenvalue weighted by molar-refractivity contribution is 5.91. The predicted molar refractivity (Wildman–Crippen MR) is 70.0 cm³/mol. The van der Waals surface area contributed by atoms with Crippen molar-refractivity contribution in [2.75, 3.05) is 6.79 Å². The Labute approximate surface area is 113 Å². The lowest BCUT2D eigenvalue weighted by Crippen LogP contribution is -1.95. The molecule has 6 nitrogen and oxygen atoms in total. The molecule has 0 aliphatic carbocycles. The minimum atomic E-state index is -0.501. The lowest BCUT2D eigenvalue weighted by atomic mass is 9.98. The molecule has 2 aromatic carbocycles. The maximum Gasteiger partial charge on any atom is 0.281 e. The molecule has 1 aliphatic heterocycles. The Kier molecular flexibility index (Phi) is 2.83. The molecule has 20 heavy (non-hydrogen) atoms. The van der Waals surface area contributed by atoms with Crippen LogP contribution in [0.1, 0.15) is 10.4 Å². The van der Waals surface area contributed by atoms with Crippen molar-refractivity contribution in [2.24, 2.45) is 0 Å². The number of nitro benzene ring substituents is 1. The van der Waals surface area contributed by atoms with E-state index in [4.69, 9.17) is 9.47 Å². The van der Waals surface area contributed by atoms with Gasteiger partial charge in [0.2, 0.25) is 6.79 Å². The first-order chi connectivity index (χ1) is 9.70. The van der Waals surface area contributed by atoms with Gasteiger partial charge in [0.1, 0.15) is 0 Å². The van der Waals surface area contributed by atoms with Crippen molar-refractivity contribution in [3.05, 3.63) is 52.1 Å². The topological polar surface area (TPSA) is 78.7 Å². The molecule has 0 spiro atoms. The zero-order valence-corrected chi connectivity index (χ0v) is 10.2. The zero-order chi connectivity index (χ0) is 14.1. The molecule has 1 heterocycles. The lowest BCUT2D eigenvalue weighted by molar-refractivity contribution is -0.384. The first-order valence-electron chi connectivity index (χ1n) is 5.83. The third kappa shape index (κ3) is 1.87. The molecule has 0 bridgehead atoms. The van der Waals surface area contributed by atoms with E-state index < -0.39 is 4.92 Å². The zero-order valence-electron chi connectivity index (χ0n) is 10.2. The number of hydrogen-bond donors (Lipinski definition) is 0. The molecule has 0 atom stereocenters. The van der Waals surface area contributed by atoms with Crippen LogP contribution in [-0.4, -0.2) is 18.0 Å². The molecule has 3 rings (SSSR count). The molecule has 0 radical (unpaired) electrons. The van der Waals surface area contributed by atoms with E-state index in [0.717, 1.165) is 0 Å². The Bertz CT molecular complexity index is 711. The number of aldehydes is 1. The van der Waals surface area contributed by atoms with Crippen LogP contribution in [0, 0.1) is 10.1 Å². The van der Waals surface area contributed by atoms with E-state index in [9.17, 15) is 14.9 Å². The van der Waals surface area contributed by atoms with Crippen molar-refractivity contribution in [1.29, 1.82) is 0 Å². The van der Waals surface area contributed by atoms with Crippen molar-refractivity contribution in [3.8, 4) is 22.6 Å². The lowest BCUT2D eigenvalue weighted by Gasteiger charge is -2.07. The highest BCUT2D eigenvalue weighted by Gasteiger charge is 2.25. The number of fused-ring (bicyclic) bond motifs is 1. The first kappa shape index (κ1) is 12.2. The van der Waals surface area contributed by atoms with Gasteiger partial charge in [-0.3, -0.25) is 14.9 Å². The summed E-state index contributed by atoms with van der Waals surface area (Å²) in [6.07, 6.45) is 0.670. The fourth-order valence-electron chi connectivity index (χ4n) is 2.14. The van der Waals surface area contributed by atoms with Crippen LogP contribution < -0.4 is 9.47 Å². The molecular weight excluding hydrogens is 262 g/mol. The number of ether oxygens (including phenoxy) is 2. The highest BCUT2D eigenvalue weighted by Crippen LogP contribution is 2.42. The van der Waals surface area contributed by atoms with Crippen LogP contribution in [0.25, 0.3) is 11.1 Å². The van der Waals surface area contributed by atoms with Crippen LogP contribution in [0.5, 0.6) is 11.5 Å². The smallest absolute Gasteiger partial charge is 0.281 e. The van der Waals surface area contributed by atoms with Crippen LogP contribution in [-0.2, 0) is 0 Å². The molecule has 1 aliphatic rings. The molecule has 0 saturated carbocycles. The summed E-state index contributed by atoms with van der Waals surface area (Å²) in [6.45, 7) is 0.0330. The number of carbonyl (C=O) groups excluding carboxylic acids is 1. The molecule has 2 aromatic rings. The van der Waals surface area contributed by atoms with Crippen molar-refractivity contribution < 1.29 is 19.2 Å². The van der Waals surface area contributed by atoms with Gasteiger partial charge in [0.15, 0.2) is 17.8 Å². The van der Waals surface area contributed by atoms with E-state index in [2.05, 4.69) is 0 Å². The summed E-state index contributed by atoms with van der Waals surface area (Å²) < 4.78 is 10.4. The molecule has 0 amide bonds. The van der Waals surface area contributed by atoms with Gasteiger partial charge in [-0.2, -0.15) is 0 Å². The first-order valence-corrected chi connectivity index (χ1v) is 5.83. The second-order valence-electron chi connectivity index (χ2n) is 4.18. The van der Waals surface area contributed by atoms with Gasteiger partial charge in [-0.1, -0.05) is 24.3 Å². The van der Waals surface area contributed by atoms with Crippen LogP contribution in [0.2, 0.25) is 0 Å². The number of nitro groups is 1. The van der Waals surface area contributed by atoms with Gasteiger partial charge >= 0.3 is 0 Å². The largest absolute Gasteiger partial charge is 0.454 e. The van der Waals surface area contributed by atoms with Crippen molar-refractivity contribution in [2.45, 2.75) is 0 Å². The third-order valence-electron chi connectivity index (χ3n) is 3.07. The fraction of sp³-hybridized carbons (Fsp3) is 0.0714. The average Bonchev–Trinajstić information content (AvgIpc) is 2.93. The van der Waals surface area contributed by atoms with Gasteiger partial charge in [0, 0.05) is 5.56 Å². The number of rotatable bonds is 3. The standard InChI is InChI=1S/C14H9NO5/c16-7-9-3-1-2-4-10(9)11-5-13-14(20-8-19-13)6-12(11)15(17)18/h1-7H,8H2. The van der Waals surface area contributed by atoms with Crippen LogP contribution in [0.3, 0.4) is 0 Å². The SMILES string of the molecule is O=Cc1ccccc1-c1cc2c(cc1[N+](=O)[O-])OCO2. The quantitative estimate of drug-likeness (QED) is 0.487. The summed E-state index contributed by atoms with van der Waals surface area (Å²) in [6, 6.07) is 9.54. The number of carbonyl (C=O) groups is 1. The van der Waals surface area contributed by atoms with E-state index in [0.29, 0.717) is 34.5 Å².